The Morgan fingerprint density at radius 1 is 1.40 bits per heavy atom. The van der Waals surface area contributed by atoms with Gasteiger partial charge in [0.25, 0.3) is 5.91 Å². The van der Waals surface area contributed by atoms with Crippen molar-refractivity contribution < 1.29 is 24.0 Å². The van der Waals surface area contributed by atoms with Crippen LogP contribution in [0.25, 0.3) is 0 Å². The summed E-state index contributed by atoms with van der Waals surface area (Å²) in [6.07, 6.45) is 2.28. The number of rotatable bonds is 4. The zero-order valence-electron chi connectivity index (χ0n) is 15.3. The predicted molar refractivity (Wildman–Crippen MR) is 92.9 cm³/mol. The first-order valence-electron chi connectivity index (χ1n) is 8.66. The van der Waals surface area contributed by atoms with E-state index in [9.17, 15) is 14.7 Å². The van der Waals surface area contributed by atoms with Gasteiger partial charge in [-0.3, -0.25) is 9.59 Å². The first-order chi connectivity index (χ1) is 11.6. The maximum absolute atomic E-state index is 12.2. The van der Waals surface area contributed by atoms with Gasteiger partial charge in [0.2, 0.25) is 0 Å². The second-order valence-electron chi connectivity index (χ2n) is 7.78. The van der Waals surface area contributed by atoms with Gasteiger partial charge in [-0.1, -0.05) is 6.92 Å². The molecular weight excluding hydrogens is 323 g/mol. The van der Waals surface area contributed by atoms with E-state index in [0.717, 1.165) is 5.46 Å². The van der Waals surface area contributed by atoms with E-state index in [4.69, 9.17) is 9.31 Å². The monoisotopic (exact) mass is 348 g/mol. The lowest BCUT2D eigenvalue weighted by Gasteiger charge is -2.32. The zero-order valence-corrected chi connectivity index (χ0v) is 15.3. The SMILES string of the molecule is CCC(C(=O)O)C1CNC(=O)c2cc(B3OC(C)(C)C(C)(C)O3)cn21. The molecule has 0 aromatic carbocycles. The van der Waals surface area contributed by atoms with Crippen molar-refractivity contribution in [2.45, 2.75) is 58.3 Å². The van der Waals surface area contributed by atoms with Crippen LogP contribution in [-0.4, -0.2) is 46.4 Å². The number of nitrogens with zero attached hydrogens (tertiary/aromatic N) is 1. The molecular formula is C17H25BN2O5. The van der Waals surface area contributed by atoms with Crippen molar-refractivity contribution in [2.24, 2.45) is 5.92 Å². The molecule has 0 saturated carbocycles. The number of carboxylic acids is 1. The van der Waals surface area contributed by atoms with E-state index in [1.807, 2.05) is 34.6 Å². The van der Waals surface area contributed by atoms with Crippen molar-refractivity contribution in [3.05, 3.63) is 18.0 Å². The molecule has 2 aliphatic heterocycles. The van der Waals surface area contributed by atoms with Gasteiger partial charge in [-0.05, 0) is 40.2 Å². The van der Waals surface area contributed by atoms with Gasteiger partial charge in [0.1, 0.15) is 5.69 Å². The minimum Gasteiger partial charge on any atom is -0.481 e. The average Bonchev–Trinajstić information content (AvgIpc) is 3.02. The molecule has 1 fully saturated rings. The van der Waals surface area contributed by atoms with Crippen LogP contribution in [0.2, 0.25) is 0 Å². The third kappa shape index (κ3) is 2.87. The van der Waals surface area contributed by atoms with Crippen LogP contribution >= 0.6 is 0 Å². The summed E-state index contributed by atoms with van der Waals surface area (Å²) in [5.41, 5.74) is 0.223. The Morgan fingerprint density at radius 3 is 2.52 bits per heavy atom. The number of aliphatic carboxylic acids is 1. The summed E-state index contributed by atoms with van der Waals surface area (Å²) in [6.45, 7) is 10.0. The lowest BCUT2D eigenvalue weighted by atomic mass is 9.81. The molecule has 0 spiro atoms. The first kappa shape index (κ1) is 18.0. The molecule has 2 unspecified atom stereocenters. The Bertz CT molecular complexity index is 696. The molecule has 25 heavy (non-hydrogen) atoms. The first-order valence-corrected chi connectivity index (χ1v) is 8.66. The van der Waals surface area contributed by atoms with Crippen LogP contribution in [0.5, 0.6) is 0 Å². The Labute approximate surface area is 147 Å². The summed E-state index contributed by atoms with van der Waals surface area (Å²) >= 11 is 0. The molecule has 2 aliphatic rings. The van der Waals surface area contributed by atoms with Gasteiger partial charge in [0, 0.05) is 18.2 Å². The highest BCUT2D eigenvalue weighted by Gasteiger charge is 2.52. The molecule has 1 saturated heterocycles. The quantitative estimate of drug-likeness (QED) is 0.798. The van der Waals surface area contributed by atoms with Gasteiger partial charge in [-0.25, -0.2) is 0 Å². The van der Waals surface area contributed by atoms with Crippen LogP contribution in [0.3, 0.4) is 0 Å². The Kier molecular flexibility index (Phi) is 4.24. The van der Waals surface area contributed by atoms with Gasteiger partial charge in [-0.2, -0.15) is 0 Å². The fraction of sp³-hybridized carbons (Fsp3) is 0.647. The number of hydrogen-bond acceptors (Lipinski definition) is 4. The second kappa shape index (κ2) is 5.88. The van der Waals surface area contributed by atoms with Crippen molar-refractivity contribution in [1.82, 2.24) is 9.88 Å². The van der Waals surface area contributed by atoms with E-state index >= 15 is 0 Å². The van der Waals surface area contributed by atoms with Crippen molar-refractivity contribution >= 4 is 24.5 Å². The summed E-state index contributed by atoms with van der Waals surface area (Å²) in [6, 6.07) is 1.41. The fourth-order valence-corrected chi connectivity index (χ4v) is 3.40. The number of carbonyl (C=O) groups is 2. The maximum atomic E-state index is 12.2. The van der Waals surface area contributed by atoms with Crippen LogP contribution in [0.15, 0.2) is 12.3 Å². The maximum Gasteiger partial charge on any atom is 0.496 e. The van der Waals surface area contributed by atoms with Gasteiger partial charge in [0.15, 0.2) is 0 Å². The number of nitrogens with one attached hydrogen (secondary N) is 1. The smallest absolute Gasteiger partial charge is 0.481 e. The molecule has 0 bridgehead atoms. The number of carbonyl (C=O) groups excluding carboxylic acids is 1. The van der Waals surface area contributed by atoms with Crippen LogP contribution in [0.4, 0.5) is 0 Å². The van der Waals surface area contributed by atoms with E-state index in [0.29, 0.717) is 18.7 Å². The summed E-state index contributed by atoms with van der Waals surface area (Å²) < 4.78 is 13.9. The Morgan fingerprint density at radius 2 is 2.00 bits per heavy atom. The molecule has 136 valence electrons. The molecule has 8 heteroatoms. The Hall–Kier alpha value is -1.80. The van der Waals surface area contributed by atoms with E-state index < -0.39 is 30.2 Å². The topological polar surface area (TPSA) is 89.8 Å². The lowest BCUT2D eigenvalue weighted by molar-refractivity contribution is -0.143. The number of carboxylic acid groups (broad SMARTS) is 1. The second-order valence-corrected chi connectivity index (χ2v) is 7.78. The molecule has 1 aromatic rings. The molecule has 2 N–H and O–H groups in total. The molecule has 0 aliphatic carbocycles. The number of aromatic nitrogens is 1. The summed E-state index contributed by atoms with van der Waals surface area (Å²) in [7, 11) is -0.582. The van der Waals surface area contributed by atoms with Crippen molar-refractivity contribution in [2.75, 3.05) is 6.54 Å². The van der Waals surface area contributed by atoms with Crippen molar-refractivity contribution in [3.63, 3.8) is 0 Å². The van der Waals surface area contributed by atoms with E-state index in [-0.39, 0.29) is 11.9 Å². The molecule has 7 nitrogen and oxygen atoms in total. The number of amides is 1. The summed E-state index contributed by atoms with van der Waals surface area (Å²) in [5, 5.41) is 12.3. The summed E-state index contributed by atoms with van der Waals surface area (Å²) in [5.74, 6) is -1.64. The van der Waals surface area contributed by atoms with Crippen LogP contribution < -0.4 is 10.8 Å². The highest BCUT2D eigenvalue weighted by Crippen LogP contribution is 2.37. The highest BCUT2D eigenvalue weighted by molar-refractivity contribution is 6.62. The minimum atomic E-state index is -0.861. The molecule has 3 heterocycles. The molecule has 3 rings (SSSR count). The predicted octanol–water partition coefficient (Wildman–Crippen LogP) is 1.18. The van der Waals surface area contributed by atoms with Crippen LogP contribution in [0.1, 0.15) is 57.6 Å². The normalized spacial score (nSPS) is 25.4. The Balaban J connectivity index is 1.96. The average molecular weight is 348 g/mol. The third-order valence-electron chi connectivity index (χ3n) is 5.68. The van der Waals surface area contributed by atoms with E-state index in [2.05, 4.69) is 5.32 Å². The highest BCUT2D eigenvalue weighted by atomic mass is 16.7. The van der Waals surface area contributed by atoms with Crippen LogP contribution in [0, 0.1) is 5.92 Å². The van der Waals surface area contributed by atoms with Gasteiger partial charge in [-0.15, -0.1) is 0 Å². The van der Waals surface area contributed by atoms with Crippen molar-refractivity contribution in [3.8, 4) is 0 Å². The van der Waals surface area contributed by atoms with Crippen LogP contribution in [-0.2, 0) is 14.1 Å². The minimum absolute atomic E-state index is 0.209. The standard InChI is InChI=1S/C17H25BN2O5/c1-6-11(15(22)23)13-8-19-14(21)12-7-10(9-20(12)13)18-24-16(2,3)17(4,5)25-18/h7,9,11,13H,6,8H2,1-5H3,(H,19,21)(H,22,23). The molecule has 1 aromatic heterocycles. The van der Waals surface area contributed by atoms with Gasteiger partial charge in [0.05, 0.1) is 23.2 Å². The molecule has 2 atom stereocenters. The fourth-order valence-electron chi connectivity index (χ4n) is 3.40. The van der Waals surface area contributed by atoms with Crippen molar-refractivity contribution in [1.29, 1.82) is 0 Å². The summed E-state index contributed by atoms with van der Waals surface area (Å²) in [4.78, 5) is 23.8. The van der Waals surface area contributed by atoms with E-state index in [1.165, 1.54) is 0 Å². The lowest BCUT2D eigenvalue weighted by Crippen LogP contribution is -2.43. The molecule has 0 radical (unpaired) electrons. The number of fused-ring (bicyclic) bond motifs is 1. The number of hydrogen-bond donors (Lipinski definition) is 2. The van der Waals surface area contributed by atoms with E-state index in [1.54, 1.807) is 16.8 Å². The van der Waals surface area contributed by atoms with Gasteiger partial charge < -0.3 is 24.3 Å². The zero-order chi connectivity index (χ0) is 18.6. The third-order valence-corrected chi connectivity index (χ3v) is 5.68. The molecule has 1 amide bonds. The van der Waals surface area contributed by atoms with Gasteiger partial charge >= 0.3 is 13.1 Å². The largest absolute Gasteiger partial charge is 0.496 e.